The van der Waals surface area contributed by atoms with Gasteiger partial charge in [-0.1, -0.05) is 66.3 Å². The molecule has 1 nitrogen and oxygen atoms in total. The van der Waals surface area contributed by atoms with Gasteiger partial charge in [0.15, 0.2) is 0 Å². The summed E-state index contributed by atoms with van der Waals surface area (Å²) in [6.45, 7) is 2.54. The lowest BCUT2D eigenvalue weighted by molar-refractivity contribution is 1.70. The van der Waals surface area contributed by atoms with Gasteiger partial charge in [0.2, 0.25) is 6.71 Å². The predicted octanol–water partition coefficient (Wildman–Crippen LogP) is 1.51. The van der Waals surface area contributed by atoms with Crippen LogP contribution in [0, 0.1) is 0 Å². The fraction of sp³-hybridized carbons (Fsp3) is 0.0769. The smallest absolute Gasteiger partial charge is 0.208 e. The van der Waals surface area contributed by atoms with Crippen molar-refractivity contribution >= 4 is 23.3 Å². The van der Waals surface area contributed by atoms with E-state index < -0.39 is 0 Å². The Balaban J connectivity index is 2.37. The van der Waals surface area contributed by atoms with Gasteiger partial charge in [-0.05, 0) is 6.07 Å². The van der Waals surface area contributed by atoms with Crippen molar-refractivity contribution in [3.63, 3.8) is 0 Å². The normalized spacial score (nSPS) is 9.93. The molecular formula is C13H14BN. The molecule has 0 bridgehead atoms. The molecule has 15 heavy (non-hydrogen) atoms. The van der Waals surface area contributed by atoms with E-state index in [1.807, 2.05) is 24.3 Å². The van der Waals surface area contributed by atoms with Crippen LogP contribution in [0.4, 0.5) is 5.69 Å². The maximum absolute atomic E-state index is 5.96. The predicted molar refractivity (Wildman–Crippen MR) is 68.2 cm³/mol. The van der Waals surface area contributed by atoms with Crippen LogP contribution in [-0.4, -0.2) is 6.71 Å². The molecule has 0 aromatic heterocycles. The van der Waals surface area contributed by atoms with Crippen LogP contribution >= 0.6 is 0 Å². The Morgan fingerprint density at radius 2 is 1.47 bits per heavy atom. The number of nitrogens with two attached hydrogens (primary N) is 1. The average Bonchev–Trinajstić information content (AvgIpc) is 2.30. The van der Waals surface area contributed by atoms with Gasteiger partial charge in [0.05, 0.1) is 0 Å². The molecule has 0 aliphatic rings. The second kappa shape index (κ2) is 4.22. The summed E-state index contributed by atoms with van der Waals surface area (Å²) in [6, 6.07) is 18.5. The maximum Gasteiger partial charge on any atom is 0.208 e. The second-order valence-electron chi connectivity index (χ2n) is 3.76. The minimum absolute atomic E-state index is 0.354. The molecule has 2 aromatic rings. The fourth-order valence-corrected chi connectivity index (χ4v) is 1.83. The van der Waals surface area contributed by atoms with Gasteiger partial charge in [-0.2, -0.15) is 0 Å². The molecule has 0 amide bonds. The summed E-state index contributed by atoms with van der Waals surface area (Å²) >= 11 is 0. The zero-order valence-electron chi connectivity index (χ0n) is 8.85. The van der Waals surface area contributed by atoms with Gasteiger partial charge in [0.25, 0.3) is 0 Å². The third-order valence-electron chi connectivity index (χ3n) is 2.76. The van der Waals surface area contributed by atoms with Crippen LogP contribution in [0.5, 0.6) is 0 Å². The molecule has 0 radical (unpaired) electrons. The summed E-state index contributed by atoms with van der Waals surface area (Å²) < 4.78 is 0. The molecule has 0 saturated carbocycles. The van der Waals surface area contributed by atoms with Gasteiger partial charge in [0.1, 0.15) is 0 Å². The topological polar surface area (TPSA) is 26.0 Å². The van der Waals surface area contributed by atoms with Crippen LogP contribution in [-0.2, 0) is 0 Å². The van der Waals surface area contributed by atoms with Crippen LogP contribution in [0.15, 0.2) is 54.6 Å². The van der Waals surface area contributed by atoms with Crippen LogP contribution in [0.2, 0.25) is 6.82 Å². The minimum atomic E-state index is 0.354. The summed E-state index contributed by atoms with van der Waals surface area (Å²) in [4.78, 5) is 0. The van der Waals surface area contributed by atoms with Gasteiger partial charge in [-0.25, -0.2) is 0 Å². The van der Waals surface area contributed by atoms with Gasteiger partial charge >= 0.3 is 0 Å². The number of benzene rings is 2. The average molecular weight is 195 g/mol. The largest absolute Gasteiger partial charge is 0.399 e. The zero-order valence-corrected chi connectivity index (χ0v) is 8.85. The molecule has 0 atom stereocenters. The third kappa shape index (κ3) is 2.04. The standard InChI is InChI=1S/C13H14BN/c1-14(11-7-3-2-4-8-11)12-9-5-6-10-13(12)15/h2-10H,15H2,1H3. The van der Waals surface area contributed by atoms with Gasteiger partial charge in [-0.3, -0.25) is 0 Å². The van der Waals surface area contributed by atoms with E-state index in [2.05, 4.69) is 37.2 Å². The van der Waals surface area contributed by atoms with Gasteiger partial charge < -0.3 is 5.73 Å². The number of para-hydroxylation sites is 1. The third-order valence-corrected chi connectivity index (χ3v) is 2.76. The SMILES string of the molecule is CB(c1ccccc1)c1ccccc1N. The number of rotatable bonds is 2. The second-order valence-corrected chi connectivity index (χ2v) is 3.76. The quantitative estimate of drug-likeness (QED) is 0.570. The molecule has 0 aliphatic carbocycles. The Labute approximate surface area is 91.0 Å². The van der Waals surface area contributed by atoms with E-state index in [1.165, 1.54) is 10.9 Å². The Bertz CT molecular complexity index is 439. The van der Waals surface area contributed by atoms with E-state index >= 15 is 0 Å². The van der Waals surface area contributed by atoms with Crippen LogP contribution in [0.25, 0.3) is 0 Å². The van der Waals surface area contributed by atoms with Crippen molar-refractivity contribution in [1.82, 2.24) is 0 Å². The van der Waals surface area contributed by atoms with E-state index in [0.717, 1.165) is 5.69 Å². The van der Waals surface area contributed by atoms with Crippen molar-refractivity contribution in [2.24, 2.45) is 0 Å². The Kier molecular flexibility index (Phi) is 2.77. The molecule has 2 rings (SSSR count). The number of hydrogen-bond donors (Lipinski definition) is 1. The Morgan fingerprint density at radius 1 is 0.867 bits per heavy atom. The highest BCUT2D eigenvalue weighted by Crippen LogP contribution is 2.00. The lowest BCUT2D eigenvalue weighted by Crippen LogP contribution is -2.40. The first-order valence-corrected chi connectivity index (χ1v) is 5.18. The molecule has 0 spiro atoms. The molecule has 2 aromatic carbocycles. The van der Waals surface area contributed by atoms with E-state index in [1.54, 1.807) is 0 Å². The highest BCUT2D eigenvalue weighted by atomic mass is 14.5. The summed E-state index contributed by atoms with van der Waals surface area (Å²) in [7, 11) is 0. The minimum Gasteiger partial charge on any atom is -0.399 e. The molecule has 2 N–H and O–H groups in total. The number of nitrogen functional groups attached to an aromatic ring is 1. The lowest BCUT2D eigenvalue weighted by Gasteiger charge is -2.11. The summed E-state index contributed by atoms with van der Waals surface area (Å²) in [5.74, 6) is 0. The van der Waals surface area contributed by atoms with Crippen LogP contribution < -0.4 is 16.7 Å². The summed E-state index contributed by atoms with van der Waals surface area (Å²) in [6.07, 6.45) is 0. The number of anilines is 1. The van der Waals surface area contributed by atoms with Crippen molar-refractivity contribution in [2.75, 3.05) is 5.73 Å². The van der Waals surface area contributed by atoms with Gasteiger partial charge in [-0.15, -0.1) is 0 Å². The van der Waals surface area contributed by atoms with Crippen molar-refractivity contribution < 1.29 is 0 Å². The van der Waals surface area contributed by atoms with E-state index in [0.29, 0.717) is 6.71 Å². The van der Waals surface area contributed by atoms with E-state index in [4.69, 9.17) is 5.73 Å². The first-order chi connectivity index (χ1) is 7.29. The van der Waals surface area contributed by atoms with E-state index in [9.17, 15) is 0 Å². The molecule has 0 fully saturated rings. The lowest BCUT2D eigenvalue weighted by atomic mass is 9.42. The Morgan fingerprint density at radius 3 is 2.13 bits per heavy atom. The summed E-state index contributed by atoms with van der Waals surface area (Å²) in [5.41, 5.74) is 9.33. The van der Waals surface area contributed by atoms with Crippen molar-refractivity contribution in [3.05, 3.63) is 54.6 Å². The highest BCUT2D eigenvalue weighted by molar-refractivity contribution is 6.85. The van der Waals surface area contributed by atoms with E-state index in [-0.39, 0.29) is 0 Å². The molecule has 0 heterocycles. The summed E-state index contributed by atoms with van der Waals surface area (Å²) in [5, 5.41) is 0. The number of hydrogen-bond acceptors (Lipinski definition) is 1. The van der Waals surface area contributed by atoms with Crippen molar-refractivity contribution in [3.8, 4) is 0 Å². The van der Waals surface area contributed by atoms with Crippen LogP contribution in [0.3, 0.4) is 0 Å². The molecule has 2 heteroatoms. The first-order valence-electron chi connectivity index (χ1n) is 5.18. The monoisotopic (exact) mass is 195 g/mol. The van der Waals surface area contributed by atoms with Crippen molar-refractivity contribution in [1.29, 1.82) is 0 Å². The van der Waals surface area contributed by atoms with Gasteiger partial charge in [0, 0.05) is 5.69 Å². The fourth-order valence-electron chi connectivity index (χ4n) is 1.83. The Hall–Kier alpha value is -1.70. The molecule has 0 aliphatic heterocycles. The van der Waals surface area contributed by atoms with Crippen LogP contribution in [0.1, 0.15) is 0 Å². The molecule has 0 saturated heterocycles. The highest BCUT2D eigenvalue weighted by Gasteiger charge is 2.14. The molecule has 74 valence electrons. The maximum atomic E-state index is 5.96. The molecule has 0 unspecified atom stereocenters. The van der Waals surface area contributed by atoms with Crippen molar-refractivity contribution in [2.45, 2.75) is 6.82 Å². The zero-order chi connectivity index (χ0) is 10.7. The first kappa shape index (κ1) is 9.84. The molecular weight excluding hydrogens is 181 g/mol.